The average Bonchev–Trinajstić information content (AvgIpc) is 2.73. The molecule has 0 fully saturated rings. The van der Waals surface area contributed by atoms with Crippen molar-refractivity contribution < 1.29 is 13.9 Å². The molecule has 0 aliphatic carbocycles. The second-order valence-electron chi connectivity index (χ2n) is 6.25. The summed E-state index contributed by atoms with van der Waals surface area (Å²) in [5.41, 5.74) is 1.64. The van der Waals surface area contributed by atoms with Gasteiger partial charge in [-0.05, 0) is 23.3 Å². The van der Waals surface area contributed by atoms with Crippen LogP contribution in [0, 0.1) is 0 Å². The fourth-order valence-electron chi connectivity index (χ4n) is 3.08. The van der Waals surface area contributed by atoms with Gasteiger partial charge in [-0.15, -0.1) is 0 Å². The van der Waals surface area contributed by atoms with Crippen LogP contribution in [0.15, 0.2) is 94.3 Å². The van der Waals surface area contributed by atoms with Crippen LogP contribution in [-0.2, 0) is 4.79 Å². The number of ether oxygens (including phenoxy) is 1. The molecule has 1 heterocycles. The van der Waals surface area contributed by atoms with Crippen LogP contribution in [0.3, 0.4) is 0 Å². The number of hydrogen-bond donors (Lipinski definition) is 0. The highest BCUT2D eigenvalue weighted by Crippen LogP contribution is 2.28. The molecule has 3 aromatic carbocycles. The molecule has 0 saturated heterocycles. The van der Waals surface area contributed by atoms with Crippen molar-refractivity contribution in [3.63, 3.8) is 0 Å². The lowest BCUT2D eigenvalue weighted by molar-refractivity contribution is -0.135. The SMILES string of the molecule is O=C(Oc1ccc2c(=O)c(Cl)coc2c1)C(c1ccccc1)c1ccccc1. The van der Waals surface area contributed by atoms with Gasteiger partial charge >= 0.3 is 5.97 Å². The highest BCUT2D eigenvalue weighted by Gasteiger charge is 2.25. The Morgan fingerprint density at radius 1 is 0.893 bits per heavy atom. The van der Waals surface area contributed by atoms with Gasteiger partial charge in [-0.1, -0.05) is 72.3 Å². The standard InChI is InChI=1S/C23H15ClO4/c24-19-14-27-20-13-17(11-12-18(20)22(19)25)28-23(26)21(15-7-3-1-4-8-15)16-9-5-2-6-10-16/h1-14,21H. The van der Waals surface area contributed by atoms with E-state index >= 15 is 0 Å². The minimum atomic E-state index is -0.574. The van der Waals surface area contributed by atoms with E-state index in [1.807, 2.05) is 60.7 Å². The molecule has 0 amide bonds. The van der Waals surface area contributed by atoms with Gasteiger partial charge in [0, 0.05) is 6.07 Å². The number of fused-ring (bicyclic) bond motifs is 1. The van der Waals surface area contributed by atoms with Crippen molar-refractivity contribution in [2.24, 2.45) is 0 Å². The van der Waals surface area contributed by atoms with Gasteiger partial charge in [0.2, 0.25) is 5.43 Å². The fraction of sp³-hybridized carbons (Fsp3) is 0.0435. The van der Waals surface area contributed by atoms with Crippen molar-refractivity contribution in [3.8, 4) is 5.75 Å². The molecular formula is C23H15ClO4. The normalized spacial score (nSPS) is 10.9. The number of benzene rings is 3. The number of hydrogen-bond acceptors (Lipinski definition) is 4. The molecule has 0 spiro atoms. The first kappa shape index (κ1) is 18.0. The first-order valence-corrected chi connectivity index (χ1v) is 9.04. The summed E-state index contributed by atoms with van der Waals surface area (Å²) in [6, 6.07) is 23.5. The third kappa shape index (κ3) is 3.55. The molecule has 0 N–H and O–H groups in total. The number of carbonyl (C=O) groups is 1. The molecule has 0 atom stereocenters. The molecule has 0 saturated carbocycles. The average molecular weight is 391 g/mol. The molecule has 0 aliphatic heterocycles. The van der Waals surface area contributed by atoms with Gasteiger partial charge in [-0.25, -0.2) is 0 Å². The van der Waals surface area contributed by atoms with Crippen molar-refractivity contribution in [3.05, 3.63) is 111 Å². The zero-order valence-electron chi connectivity index (χ0n) is 14.7. The minimum absolute atomic E-state index is 0.00506. The van der Waals surface area contributed by atoms with E-state index < -0.39 is 11.9 Å². The Labute approximate surface area is 166 Å². The highest BCUT2D eigenvalue weighted by atomic mass is 35.5. The van der Waals surface area contributed by atoms with Crippen LogP contribution >= 0.6 is 11.6 Å². The van der Waals surface area contributed by atoms with E-state index in [1.54, 1.807) is 6.07 Å². The van der Waals surface area contributed by atoms with E-state index in [-0.39, 0.29) is 10.5 Å². The Balaban J connectivity index is 1.69. The molecule has 0 unspecified atom stereocenters. The number of carbonyl (C=O) groups excluding carboxylic acids is 1. The lowest BCUT2D eigenvalue weighted by Crippen LogP contribution is -2.20. The van der Waals surface area contributed by atoms with Crippen LogP contribution in [0.1, 0.15) is 17.0 Å². The maximum absolute atomic E-state index is 13.0. The Bertz CT molecular complexity index is 1140. The van der Waals surface area contributed by atoms with Gasteiger partial charge in [-0.3, -0.25) is 9.59 Å². The third-order valence-electron chi connectivity index (χ3n) is 4.42. The van der Waals surface area contributed by atoms with E-state index in [0.29, 0.717) is 16.7 Å². The van der Waals surface area contributed by atoms with Crippen molar-refractivity contribution in [1.29, 1.82) is 0 Å². The maximum atomic E-state index is 13.0. The molecule has 138 valence electrons. The van der Waals surface area contributed by atoms with E-state index in [9.17, 15) is 9.59 Å². The van der Waals surface area contributed by atoms with E-state index in [4.69, 9.17) is 20.8 Å². The number of rotatable bonds is 4. The molecule has 4 rings (SSSR count). The topological polar surface area (TPSA) is 56.5 Å². The number of esters is 1. The molecular weight excluding hydrogens is 376 g/mol. The minimum Gasteiger partial charge on any atom is -0.462 e. The van der Waals surface area contributed by atoms with Gasteiger partial charge in [-0.2, -0.15) is 0 Å². The van der Waals surface area contributed by atoms with E-state index in [0.717, 1.165) is 11.1 Å². The van der Waals surface area contributed by atoms with Crippen molar-refractivity contribution in [2.45, 2.75) is 5.92 Å². The van der Waals surface area contributed by atoms with Gasteiger partial charge in [0.1, 0.15) is 28.5 Å². The first-order valence-electron chi connectivity index (χ1n) is 8.66. The van der Waals surface area contributed by atoms with Crippen molar-refractivity contribution in [2.75, 3.05) is 0 Å². The molecule has 1 aromatic heterocycles. The smallest absolute Gasteiger partial charge is 0.323 e. The predicted octanol–water partition coefficient (Wildman–Crippen LogP) is 5.18. The van der Waals surface area contributed by atoms with Gasteiger partial charge < -0.3 is 9.15 Å². The molecule has 4 nitrogen and oxygen atoms in total. The number of halogens is 1. The largest absolute Gasteiger partial charge is 0.462 e. The van der Waals surface area contributed by atoms with Gasteiger partial charge in [0.15, 0.2) is 0 Å². The molecule has 0 radical (unpaired) electrons. The lowest BCUT2D eigenvalue weighted by atomic mass is 9.91. The van der Waals surface area contributed by atoms with Crippen LogP contribution in [0.2, 0.25) is 5.02 Å². The summed E-state index contributed by atoms with van der Waals surface area (Å²) in [6.45, 7) is 0. The Morgan fingerprint density at radius 3 is 2.11 bits per heavy atom. The lowest BCUT2D eigenvalue weighted by Gasteiger charge is -2.17. The molecule has 28 heavy (non-hydrogen) atoms. The summed E-state index contributed by atoms with van der Waals surface area (Å²) in [7, 11) is 0. The van der Waals surface area contributed by atoms with Crippen LogP contribution in [-0.4, -0.2) is 5.97 Å². The first-order chi connectivity index (χ1) is 13.6. The van der Waals surface area contributed by atoms with Gasteiger partial charge in [0.05, 0.1) is 5.39 Å². The zero-order chi connectivity index (χ0) is 19.5. The quantitative estimate of drug-likeness (QED) is 0.355. The molecule has 5 heteroatoms. The zero-order valence-corrected chi connectivity index (χ0v) is 15.4. The summed E-state index contributed by atoms with van der Waals surface area (Å²) >= 11 is 5.80. The summed E-state index contributed by atoms with van der Waals surface area (Å²) in [5.74, 6) is -0.705. The van der Waals surface area contributed by atoms with Crippen LogP contribution in [0.4, 0.5) is 0 Å². The Hall–Kier alpha value is -3.37. The second kappa shape index (κ2) is 7.71. The van der Waals surface area contributed by atoms with Crippen LogP contribution in [0.5, 0.6) is 5.75 Å². The highest BCUT2D eigenvalue weighted by molar-refractivity contribution is 6.30. The summed E-state index contributed by atoms with van der Waals surface area (Å²) in [6.07, 6.45) is 1.18. The summed E-state index contributed by atoms with van der Waals surface area (Å²) in [4.78, 5) is 25.1. The van der Waals surface area contributed by atoms with Gasteiger partial charge in [0.25, 0.3) is 0 Å². The molecule has 4 aromatic rings. The predicted molar refractivity (Wildman–Crippen MR) is 108 cm³/mol. The monoisotopic (exact) mass is 390 g/mol. The van der Waals surface area contributed by atoms with Crippen molar-refractivity contribution in [1.82, 2.24) is 0 Å². The van der Waals surface area contributed by atoms with Crippen LogP contribution in [0.25, 0.3) is 11.0 Å². The maximum Gasteiger partial charge on any atom is 0.323 e. The van der Waals surface area contributed by atoms with Crippen molar-refractivity contribution >= 4 is 28.5 Å². The second-order valence-corrected chi connectivity index (χ2v) is 6.65. The van der Waals surface area contributed by atoms with E-state index in [2.05, 4.69) is 0 Å². The van der Waals surface area contributed by atoms with Crippen LogP contribution < -0.4 is 10.2 Å². The fourth-order valence-corrected chi connectivity index (χ4v) is 3.23. The Morgan fingerprint density at radius 2 is 1.50 bits per heavy atom. The van der Waals surface area contributed by atoms with E-state index in [1.165, 1.54) is 18.4 Å². The summed E-state index contributed by atoms with van der Waals surface area (Å²) in [5, 5.41) is 0.334. The third-order valence-corrected chi connectivity index (χ3v) is 4.68. The molecule has 0 aliphatic rings. The summed E-state index contributed by atoms with van der Waals surface area (Å²) < 4.78 is 11.0. The molecule has 0 bridgehead atoms. The Kier molecular flexibility index (Phi) is 4.96.